The lowest BCUT2D eigenvalue weighted by molar-refractivity contribution is -0.116. The van der Waals surface area contributed by atoms with Crippen LogP contribution in [-0.4, -0.2) is 16.9 Å². The lowest BCUT2D eigenvalue weighted by atomic mass is 10.2. The predicted octanol–water partition coefficient (Wildman–Crippen LogP) is 4.20. The van der Waals surface area contributed by atoms with Gasteiger partial charge in [0.1, 0.15) is 6.04 Å². The van der Waals surface area contributed by atoms with Crippen LogP contribution >= 0.6 is 34.5 Å². The van der Waals surface area contributed by atoms with Crippen molar-refractivity contribution in [2.75, 3.05) is 10.6 Å². The van der Waals surface area contributed by atoms with E-state index < -0.39 is 6.04 Å². The first kappa shape index (κ1) is 15.1. The van der Waals surface area contributed by atoms with Gasteiger partial charge in [0.2, 0.25) is 5.91 Å². The summed E-state index contributed by atoms with van der Waals surface area (Å²) in [6.45, 7) is 3.64. The Morgan fingerprint density at radius 1 is 1.35 bits per heavy atom. The Hall–Kier alpha value is -1.30. The van der Waals surface area contributed by atoms with Gasteiger partial charge in [0.05, 0.1) is 15.7 Å². The van der Waals surface area contributed by atoms with E-state index in [4.69, 9.17) is 23.2 Å². The summed E-state index contributed by atoms with van der Waals surface area (Å²) in [7, 11) is 0. The van der Waals surface area contributed by atoms with Crippen molar-refractivity contribution in [3.8, 4) is 0 Å². The van der Waals surface area contributed by atoms with Crippen molar-refractivity contribution in [1.29, 1.82) is 0 Å². The normalized spacial score (nSPS) is 12.0. The van der Waals surface area contributed by atoms with Gasteiger partial charge in [0.15, 0.2) is 5.13 Å². The first-order valence-corrected chi connectivity index (χ1v) is 7.54. The molecule has 0 fully saturated rings. The molecule has 2 aromatic rings. The molecule has 1 heterocycles. The van der Waals surface area contributed by atoms with Gasteiger partial charge in [-0.1, -0.05) is 23.2 Å². The number of thiazole rings is 1. The Labute approximate surface area is 131 Å². The molecule has 106 valence electrons. The molecule has 0 aliphatic carbocycles. The van der Waals surface area contributed by atoms with E-state index in [1.807, 2.05) is 12.3 Å². The highest BCUT2D eigenvalue weighted by Gasteiger charge is 2.14. The van der Waals surface area contributed by atoms with Crippen LogP contribution in [0.2, 0.25) is 10.0 Å². The average molecular weight is 330 g/mol. The van der Waals surface area contributed by atoms with Crippen LogP contribution in [0.3, 0.4) is 0 Å². The van der Waals surface area contributed by atoms with Crippen molar-refractivity contribution in [3.63, 3.8) is 0 Å². The molecule has 1 amide bonds. The third kappa shape index (κ3) is 3.85. The summed E-state index contributed by atoms with van der Waals surface area (Å²) >= 11 is 13.2. The molecule has 2 rings (SSSR count). The molecule has 1 atom stereocenters. The van der Waals surface area contributed by atoms with Gasteiger partial charge in [-0.15, -0.1) is 11.3 Å². The summed E-state index contributed by atoms with van der Waals surface area (Å²) in [6.07, 6.45) is 0. The van der Waals surface area contributed by atoms with Gasteiger partial charge in [-0.2, -0.15) is 0 Å². The molecule has 1 aromatic carbocycles. The fourth-order valence-electron chi connectivity index (χ4n) is 1.53. The number of carbonyl (C=O) groups is 1. The van der Waals surface area contributed by atoms with Gasteiger partial charge in [-0.3, -0.25) is 4.79 Å². The topological polar surface area (TPSA) is 54.0 Å². The molecule has 2 N–H and O–H groups in total. The number of nitrogens with zero attached hydrogens (tertiary/aromatic N) is 1. The highest BCUT2D eigenvalue weighted by atomic mass is 35.5. The maximum absolute atomic E-state index is 12.0. The van der Waals surface area contributed by atoms with Crippen LogP contribution in [0.5, 0.6) is 0 Å². The van der Waals surface area contributed by atoms with Gasteiger partial charge < -0.3 is 10.6 Å². The number of benzene rings is 1. The Morgan fingerprint density at radius 3 is 2.70 bits per heavy atom. The van der Waals surface area contributed by atoms with Gasteiger partial charge in [0, 0.05) is 11.1 Å². The monoisotopic (exact) mass is 329 g/mol. The van der Waals surface area contributed by atoms with E-state index in [-0.39, 0.29) is 5.91 Å². The minimum absolute atomic E-state index is 0.162. The molecule has 0 bridgehead atoms. The third-order valence-corrected chi connectivity index (χ3v) is 4.16. The standard InChI is InChI=1S/C13H13Cl2N3OS/c1-7-6-20-13(16-7)18-12(19)8(2)17-9-3-4-10(14)11(15)5-9/h3-6,8,17H,1-2H3,(H,16,18,19)/t8-/m1/s1. The second-order valence-corrected chi connectivity index (χ2v) is 5.95. The van der Waals surface area contributed by atoms with Crippen LogP contribution in [0.25, 0.3) is 0 Å². The minimum atomic E-state index is -0.420. The van der Waals surface area contributed by atoms with Gasteiger partial charge in [0.25, 0.3) is 0 Å². The summed E-state index contributed by atoms with van der Waals surface area (Å²) in [6, 6.07) is 4.71. The van der Waals surface area contributed by atoms with Crippen molar-refractivity contribution in [2.24, 2.45) is 0 Å². The number of halogens is 2. The average Bonchev–Trinajstić information content (AvgIpc) is 2.79. The molecular formula is C13H13Cl2N3OS. The number of nitrogens with one attached hydrogen (secondary N) is 2. The van der Waals surface area contributed by atoms with Gasteiger partial charge in [-0.25, -0.2) is 4.98 Å². The quantitative estimate of drug-likeness (QED) is 0.883. The molecule has 0 unspecified atom stereocenters. The highest BCUT2D eigenvalue weighted by Crippen LogP contribution is 2.25. The van der Waals surface area contributed by atoms with Crippen LogP contribution in [0.4, 0.5) is 10.8 Å². The number of rotatable bonds is 4. The molecule has 7 heteroatoms. The third-order valence-electron chi connectivity index (χ3n) is 2.55. The lowest BCUT2D eigenvalue weighted by Crippen LogP contribution is -2.31. The lowest BCUT2D eigenvalue weighted by Gasteiger charge is -2.14. The summed E-state index contributed by atoms with van der Waals surface area (Å²) in [5.74, 6) is -0.162. The van der Waals surface area contributed by atoms with E-state index in [0.29, 0.717) is 15.2 Å². The van der Waals surface area contributed by atoms with E-state index in [9.17, 15) is 4.79 Å². The Morgan fingerprint density at radius 2 is 2.10 bits per heavy atom. The molecule has 0 saturated heterocycles. The first-order valence-electron chi connectivity index (χ1n) is 5.90. The van der Waals surface area contributed by atoms with Crippen molar-refractivity contribution in [2.45, 2.75) is 19.9 Å². The molecular weight excluding hydrogens is 317 g/mol. The van der Waals surface area contributed by atoms with Crippen LogP contribution in [0.1, 0.15) is 12.6 Å². The van der Waals surface area contributed by atoms with E-state index in [1.165, 1.54) is 11.3 Å². The summed E-state index contributed by atoms with van der Waals surface area (Å²) in [5.41, 5.74) is 1.62. The van der Waals surface area contributed by atoms with Crippen LogP contribution in [0.15, 0.2) is 23.6 Å². The zero-order chi connectivity index (χ0) is 14.7. The van der Waals surface area contributed by atoms with Gasteiger partial charge >= 0.3 is 0 Å². The minimum Gasteiger partial charge on any atom is -0.374 e. The fourth-order valence-corrected chi connectivity index (χ4v) is 2.52. The Kier molecular flexibility index (Phi) is 4.86. The maximum atomic E-state index is 12.0. The number of hydrogen-bond donors (Lipinski definition) is 2. The summed E-state index contributed by atoms with van der Waals surface area (Å²) < 4.78 is 0. The number of hydrogen-bond acceptors (Lipinski definition) is 4. The highest BCUT2D eigenvalue weighted by molar-refractivity contribution is 7.13. The van der Waals surface area contributed by atoms with E-state index >= 15 is 0 Å². The molecule has 4 nitrogen and oxygen atoms in total. The van der Waals surface area contributed by atoms with Crippen LogP contribution in [-0.2, 0) is 4.79 Å². The van der Waals surface area contributed by atoms with Crippen molar-refractivity contribution >= 4 is 51.3 Å². The first-order chi connectivity index (χ1) is 9.45. The van der Waals surface area contributed by atoms with Crippen molar-refractivity contribution in [3.05, 3.63) is 39.3 Å². The van der Waals surface area contributed by atoms with E-state index in [1.54, 1.807) is 25.1 Å². The predicted molar refractivity (Wildman–Crippen MR) is 85.0 cm³/mol. The molecule has 0 spiro atoms. The number of carbonyl (C=O) groups excluding carboxylic acids is 1. The number of aryl methyl sites for hydroxylation is 1. The Balaban J connectivity index is 1.98. The SMILES string of the molecule is Cc1csc(NC(=O)[C@@H](C)Nc2ccc(Cl)c(Cl)c2)n1. The largest absolute Gasteiger partial charge is 0.374 e. The molecule has 0 aliphatic heterocycles. The van der Waals surface area contributed by atoms with Gasteiger partial charge in [-0.05, 0) is 32.0 Å². The molecule has 0 aliphatic rings. The van der Waals surface area contributed by atoms with E-state index in [2.05, 4.69) is 15.6 Å². The zero-order valence-electron chi connectivity index (χ0n) is 10.9. The summed E-state index contributed by atoms with van der Waals surface area (Å²) in [5, 5.41) is 9.21. The molecule has 0 radical (unpaired) electrons. The number of aromatic nitrogens is 1. The summed E-state index contributed by atoms with van der Waals surface area (Å²) in [4.78, 5) is 16.2. The number of anilines is 2. The van der Waals surface area contributed by atoms with Crippen molar-refractivity contribution in [1.82, 2.24) is 4.98 Å². The zero-order valence-corrected chi connectivity index (χ0v) is 13.2. The van der Waals surface area contributed by atoms with Crippen molar-refractivity contribution < 1.29 is 4.79 Å². The molecule has 20 heavy (non-hydrogen) atoms. The second kappa shape index (κ2) is 6.43. The van der Waals surface area contributed by atoms with E-state index in [0.717, 1.165) is 11.4 Å². The smallest absolute Gasteiger partial charge is 0.248 e. The Bertz CT molecular complexity index is 630. The van der Waals surface area contributed by atoms with Crippen LogP contribution < -0.4 is 10.6 Å². The molecule has 0 saturated carbocycles. The fraction of sp³-hybridized carbons (Fsp3) is 0.231. The maximum Gasteiger partial charge on any atom is 0.248 e. The number of amides is 1. The molecule has 1 aromatic heterocycles. The van der Waals surface area contributed by atoms with Crippen LogP contribution in [0, 0.1) is 6.92 Å². The second-order valence-electron chi connectivity index (χ2n) is 4.28.